The van der Waals surface area contributed by atoms with E-state index in [1.165, 1.54) is 19.2 Å². The molecule has 0 saturated heterocycles. The topological polar surface area (TPSA) is 111 Å². The summed E-state index contributed by atoms with van der Waals surface area (Å²) in [5.41, 5.74) is 1.27. The Labute approximate surface area is 190 Å². The molecule has 0 amide bonds. The van der Waals surface area contributed by atoms with Gasteiger partial charge in [-0.2, -0.15) is 0 Å². The van der Waals surface area contributed by atoms with Gasteiger partial charge in [-0.25, -0.2) is 13.1 Å². The monoisotopic (exact) mass is 485 g/mol. The second-order valence-corrected chi connectivity index (χ2v) is 11.7. The highest BCUT2D eigenvalue weighted by Gasteiger charge is 2.44. The average molecular weight is 486 g/mol. The van der Waals surface area contributed by atoms with Crippen molar-refractivity contribution in [3.05, 3.63) is 59.7 Å². The molecule has 0 bridgehead atoms. The zero-order valence-corrected chi connectivity index (χ0v) is 20.9. The number of sulfonamides is 1. The van der Waals surface area contributed by atoms with E-state index in [9.17, 15) is 18.1 Å². The van der Waals surface area contributed by atoms with E-state index in [1.54, 1.807) is 64.1 Å². The number of nitrogens with one attached hydrogen (secondary N) is 1. The number of aryl methyl sites for hydroxylation is 1. The average Bonchev–Trinajstić information content (AvgIpc) is 2.71. The SMILES string of the molecule is COc1ccc([C@@H](NS(=O)(=O)c2ccc(C)cc2)[C@H](O)P(=O)(OC(C)C)OC(C)C)cc1. The molecule has 2 rings (SSSR count). The van der Waals surface area contributed by atoms with Crippen LogP contribution in [0.15, 0.2) is 53.4 Å². The molecule has 0 aromatic heterocycles. The molecule has 0 unspecified atom stereocenters. The summed E-state index contributed by atoms with van der Waals surface area (Å²) >= 11 is 0. The van der Waals surface area contributed by atoms with Crippen molar-refractivity contribution in [3.63, 3.8) is 0 Å². The first-order chi connectivity index (χ1) is 14.9. The molecule has 32 heavy (non-hydrogen) atoms. The quantitative estimate of drug-likeness (QED) is 0.454. The number of aliphatic hydroxyl groups excluding tert-OH is 1. The number of hydrogen-bond acceptors (Lipinski definition) is 7. The molecule has 2 N–H and O–H groups in total. The van der Waals surface area contributed by atoms with Crippen LogP contribution in [0.5, 0.6) is 5.75 Å². The Hall–Kier alpha value is -1.74. The van der Waals surface area contributed by atoms with Gasteiger partial charge in [-0.05, 0) is 64.4 Å². The second kappa shape index (κ2) is 10.9. The van der Waals surface area contributed by atoms with Crippen molar-refractivity contribution in [2.45, 2.75) is 63.6 Å². The highest BCUT2D eigenvalue weighted by Crippen LogP contribution is 2.57. The summed E-state index contributed by atoms with van der Waals surface area (Å²) in [4.78, 5) is 0.0122. The Morgan fingerprint density at radius 1 is 0.906 bits per heavy atom. The summed E-state index contributed by atoms with van der Waals surface area (Å²) in [6, 6.07) is 11.4. The van der Waals surface area contributed by atoms with Crippen molar-refractivity contribution in [1.29, 1.82) is 0 Å². The molecule has 0 heterocycles. The number of ether oxygens (including phenoxy) is 1. The molecule has 0 aliphatic heterocycles. The van der Waals surface area contributed by atoms with Crippen molar-refractivity contribution >= 4 is 17.6 Å². The standard InChI is InChI=1S/C22H32NO7PS/c1-15(2)29-31(25,30-16(3)4)22(24)21(18-9-11-19(28-6)12-10-18)23-32(26,27)20-13-7-17(5)8-14-20/h7-16,21-24H,1-6H3/t21-,22-/m1/s1. The lowest BCUT2D eigenvalue weighted by atomic mass is 10.1. The van der Waals surface area contributed by atoms with Crippen LogP contribution in [0.4, 0.5) is 0 Å². The van der Waals surface area contributed by atoms with E-state index in [0.29, 0.717) is 11.3 Å². The van der Waals surface area contributed by atoms with Crippen LogP contribution >= 0.6 is 7.60 Å². The van der Waals surface area contributed by atoms with E-state index < -0.39 is 41.7 Å². The molecule has 0 radical (unpaired) electrons. The van der Waals surface area contributed by atoms with Gasteiger partial charge in [0.2, 0.25) is 10.0 Å². The second-order valence-electron chi connectivity index (χ2n) is 7.95. The Kier molecular flexibility index (Phi) is 9.05. The summed E-state index contributed by atoms with van der Waals surface area (Å²) in [7, 11) is -6.72. The van der Waals surface area contributed by atoms with E-state index in [-0.39, 0.29) is 4.90 Å². The van der Waals surface area contributed by atoms with Gasteiger partial charge in [0.25, 0.3) is 0 Å². The fourth-order valence-corrected chi connectivity index (χ4v) is 6.40. The third-order valence-corrected chi connectivity index (χ3v) is 8.26. The lowest BCUT2D eigenvalue weighted by Gasteiger charge is -2.32. The van der Waals surface area contributed by atoms with Gasteiger partial charge in [0.05, 0.1) is 30.3 Å². The third-order valence-electron chi connectivity index (χ3n) is 4.43. The minimum absolute atomic E-state index is 0.0122. The molecule has 0 aliphatic rings. The molecule has 0 saturated carbocycles. The van der Waals surface area contributed by atoms with Crippen LogP contribution in [0, 0.1) is 6.92 Å². The van der Waals surface area contributed by atoms with Gasteiger partial charge < -0.3 is 18.9 Å². The maximum absolute atomic E-state index is 13.6. The number of aliphatic hydroxyl groups is 1. The summed E-state index contributed by atoms with van der Waals surface area (Å²) in [5.74, 6) is -1.26. The smallest absolute Gasteiger partial charge is 0.361 e. The van der Waals surface area contributed by atoms with Crippen LogP contribution in [0.1, 0.15) is 44.9 Å². The molecular weight excluding hydrogens is 453 g/mol. The summed E-state index contributed by atoms with van der Waals surface area (Å²) < 4.78 is 58.5. The predicted molar refractivity (Wildman–Crippen MR) is 123 cm³/mol. The largest absolute Gasteiger partial charge is 0.497 e. The summed E-state index contributed by atoms with van der Waals surface area (Å²) in [5, 5.41) is 11.2. The first kappa shape index (κ1) is 26.5. The zero-order chi connectivity index (χ0) is 24.1. The van der Waals surface area contributed by atoms with Crippen LogP contribution in [-0.2, 0) is 23.6 Å². The Morgan fingerprint density at radius 3 is 1.84 bits per heavy atom. The molecule has 0 fully saturated rings. The number of benzene rings is 2. The Balaban J connectivity index is 2.53. The van der Waals surface area contributed by atoms with E-state index in [1.807, 2.05) is 6.92 Å². The Bertz CT molecular complexity index is 1010. The van der Waals surface area contributed by atoms with E-state index in [2.05, 4.69) is 4.72 Å². The molecule has 0 spiro atoms. The lowest BCUT2D eigenvalue weighted by Crippen LogP contribution is -2.37. The molecule has 2 aromatic carbocycles. The van der Waals surface area contributed by atoms with Crippen LogP contribution in [-0.4, -0.2) is 38.7 Å². The fourth-order valence-electron chi connectivity index (χ4n) is 2.98. The van der Waals surface area contributed by atoms with E-state index in [4.69, 9.17) is 13.8 Å². The molecular formula is C22H32NO7PS. The van der Waals surface area contributed by atoms with Crippen molar-refractivity contribution in [2.24, 2.45) is 0 Å². The molecule has 0 aliphatic carbocycles. The van der Waals surface area contributed by atoms with Crippen molar-refractivity contribution in [1.82, 2.24) is 4.72 Å². The first-order valence-corrected chi connectivity index (χ1v) is 13.3. The van der Waals surface area contributed by atoms with Gasteiger partial charge >= 0.3 is 7.60 Å². The van der Waals surface area contributed by atoms with E-state index >= 15 is 0 Å². The van der Waals surface area contributed by atoms with Gasteiger partial charge in [-0.1, -0.05) is 29.8 Å². The van der Waals surface area contributed by atoms with Gasteiger partial charge in [-0.15, -0.1) is 0 Å². The maximum Gasteiger partial charge on any atom is 0.361 e. The van der Waals surface area contributed by atoms with Crippen LogP contribution in [0.2, 0.25) is 0 Å². The van der Waals surface area contributed by atoms with Crippen LogP contribution < -0.4 is 9.46 Å². The minimum atomic E-state index is -4.15. The lowest BCUT2D eigenvalue weighted by molar-refractivity contribution is 0.0901. The molecule has 10 heteroatoms. The van der Waals surface area contributed by atoms with Gasteiger partial charge in [-0.3, -0.25) is 4.57 Å². The summed E-state index contributed by atoms with van der Waals surface area (Å²) in [6.07, 6.45) is -1.06. The summed E-state index contributed by atoms with van der Waals surface area (Å²) in [6.45, 7) is 8.46. The third kappa shape index (κ3) is 6.88. The highest BCUT2D eigenvalue weighted by molar-refractivity contribution is 7.89. The first-order valence-electron chi connectivity index (χ1n) is 10.3. The van der Waals surface area contributed by atoms with Crippen LogP contribution in [0.25, 0.3) is 0 Å². The van der Waals surface area contributed by atoms with Gasteiger partial charge in [0.1, 0.15) is 5.75 Å². The fraction of sp³-hybridized carbons (Fsp3) is 0.455. The minimum Gasteiger partial charge on any atom is -0.497 e. The van der Waals surface area contributed by atoms with E-state index in [0.717, 1.165) is 5.56 Å². The highest BCUT2D eigenvalue weighted by atomic mass is 32.2. The zero-order valence-electron chi connectivity index (χ0n) is 19.2. The predicted octanol–water partition coefficient (Wildman–Crippen LogP) is 4.38. The molecule has 178 valence electrons. The van der Waals surface area contributed by atoms with Gasteiger partial charge in [0.15, 0.2) is 5.85 Å². The normalized spacial score (nSPS) is 14.5. The number of methoxy groups -OCH3 is 1. The van der Waals surface area contributed by atoms with Crippen molar-refractivity contribution in [2.75, 3.05) is 7.11 Å². The molecule has 8 nitrogen and oxygen atoms in total. The van der Waals surface area contributed by atoms with Crippen molar-refractivity contribution in [3.8, 4) is 5.75 Å². The van der Waals surface area contributed by atoms with Crippen molar-refractivity contribution < 1.29 is 31.9 Å². The Morgan fingerprint density at radius 2 is 1.41 bits per heavy atom. The van der Waals surface area contributed by atoms with Crippen LogP contribution in [0.3, 0.4) is 0 Å². The molecule has 2 aromatic rings. The maximum atomic E-state index is 13.6. The number of rotatable bonds is 11. The molecule has 2 atom stereocenters. The van der Waals surface area contributed by atoms with Gasteiger partial charge in [0, 0.05) is 0 Å². The number of hydrogen-bond donors (Lipinski definition) is 2.